The van der Waals surface area contributed by atoms with Gasteiger partial charge in [-0.1, -0.05) is 57.5 Å². The van der Waals surface area contributed by atoms with Crippen molar-refractivity contribution in [3.63, 3.8) is 0 Å². The number of benzene rings is 1. The normalized spacial score (nSPS) is 28.4. The second-order valence-electron chi connectivity index (χ2n) is 8.23. The Morgan fingerprint density at radius 1 is 1.08 bits per heavy atom. The zero-order valence-electron chi connectivity index (χ0n) is 15.8. The molecule has 2 heterocycles. The van der Waals surface area contributed by atoms with Crippen molar-refractivity contribution in [2.24, 2.45) is 5.92 Å². The molecular formula is C22H35NO. The number of fused-ring (bicyclic) bond motifs is 2. The average molecular weight is 330 g/mol. The highest BCUT2D eigenvalue weighted by molar-refractivity contribution is 5.17. The van der Waals surface area contributed by atoms with Crippen LogP contribution in [0.3, 0.4) is 0 Å². The molecule has 2 bridgehead atoms. The Morgan fingerprint density at radius 3 is 2.33 bits per heavy atom. The Balaban J connectivity index is 1.62. The number of ether oxygens (including phenoxy) is 1. The van der Waals surface area contributed by atoms with Gasteiger partial charge in [-0.15, -0.1) is 0 Å². The smallest absolute Gasteiger partial charge is 0.0831 e. The number of hydrogen-bond acceptors (Lipinski definition) is 2. The van der Waals surface area contributed by atoms with Crippen molar-refractivity contribution >= 4 is 0 Å². The summed E-state index contributed by atoms with van der Waals surface area (Å²) in [5, 5.41) is 0. The first kappa shape index (κ1) is 17.9. The molecule has 2 aliphatic heterocycles. The van der Waals surface area contributed by atoms with Gasteiger partial charge in [-0.3, -0.25) is 4.90 Å². The van der Waals surface area contributed by atoms with E-state index in [1.54, 1.807) is 0 Å². The van der Waals surface area contributed by atoms with Crippen LogP contribution in [0.1, 0.15) is 77.4 Å². The van der Waals surface area contributed by atoms with Crippen molar-refractivity contribution in [2.75, 3.05) is 6.54 Å². The summed E-state index contributed by atoms with van der Waals surface area (Å²) in [6.07, 6.45) is 9.72. The average Bonchev–Trinajstić information content (AvgIpc) is 2.81. The predicted octanol–water partition coefficient (Wildman–Crippen LogP) is 5.59. The molecular weight excluding hydrogens is 294 g/mol. The van der Waals surface area contributed by atoms with E-state index in [1.165, 1.54) is 50.6 Å². The van der Waals surface area contributed by atoms with E-state index in [4.69, 9.17) is 4.74 Å². The molecule has 134 valence electrons. The van der Waals surface area contributed by atoms with Gasteiger partial charge < -0.3 is 4.74 Å². The molecule has 4 atom stereocenters. The number of piperidine rings is 1. The zero-order chi connectivity index (χ0) is 16.9. The Bertz CT molecular complexity index is 472. The van der Waals surface area contributed by atoms with Crippen LogP contribution in [0.4, 0.5) is 0 Å². The Labute approximate surface area is 148 Å². The standard InChI is InChI=1S/C22H35NO/c1-4-5-13-23-19-11-12-20(23)16-21(15-19)24-22(14-17(2)3)18-9-7-6-8-10-18/h6-10,17,19-22H,4-5,11-16H2,1-3H3/t19-,20+,21?,22?. The molecule has 2 aliphatic rings. The minimum atomic E-state index is 0.262. The molecule has 2 fully saturated rings. The largest absolute Gasteiger partial charge is 0.370 e. The summed E-state index contributed by atoms with van der Waals surface area (Å²) in [7, 11) is 0. The lowest BCUT2D eigenvalue weighted by Gasteiger charge is -2.40. The summed E-state index contributed by atoms with van der Waals surface area (Å²) in [4.78, 5) is 2.79. The first-order chi connectivity index (χ1) is 11.7. The van der Waals surface area contributed by atoms with Gasteiger partial charge in [-0.2, -0.15) is 0 Å². The van der Waals surface area contributed by atoms with Gasteiger partial charge in [-0.25, -0.2) is 0 Å². The van der Waals surface area contributed by atoms with Crippen molar-refractivity contribution in [1.82, 2.24) is 4.90 Å². The van der Waals surface area contributed by atoms with E-state index in [0.717, 1.165) is 18.5 Å². The molecule has 0 aromatic heterocycles. The fourth-order valence-corrected chi connectivity index (χ4v) is 4.64. The maximum atomic E-state index is 6.70. The number of nitrogens with zero attached hydrogens (tertiary/aromatic N) is 1. The van der Waals surface area contributed by atoms with Gasteiger partial charge in [0.2, 0.25) is 0 Å². The number of unbranched alkanes of at least 4 members (excludes halogenated alkanes) is 1. The van der Waals surface area contributed by atoms with Crippen LogP contribution >= 0.6 is 0 Å². The van der Waals surface area contributed by atoms with Gasteiger partial charge in [0.15, 0.2) is 0 Å². The third-order valence-electron chi connectivity index (χ3n) is 5.82. The molecule has 24 heavy (non-hydrogen) atoms. The van der Waals surface area contributed by atoms with Crippen LogP contribution in [0, 0.1) is 5.92 Å². The highest BCUT2D eigenvalue weighted by Gasteiger charge is 2.41. The first-order valence-electron chi connectivity index (χ1n) is 10.1. The number of rotatable bonds is 8. The van der Waals surface area contributed by atoms with E-state index in [2.05, 4.69) is 56.0 Å². The van der Waals surface area contributed by atoms with E-state index in [9.17, 15) is 0 Å². The van der Waals surface area contributed by atoms with E-state index in [1.807, 2.05) is 0 Å². The predicted molar refractivity (Wildman–Crippen MR) is 101 cm³/mol. The summed E-state index contributed by atoms with van der Waals surface area (Å²) < 4.78 is 6.70. The van der Waals surface area contributed by atoms with Gasteiger partial charge in [0.05, 0.1) is 12.2 Å². The maximum absolute atomic E-state index is 6.70. The van der Waals surface area contributed by atoms with Crippen LogP contribution < -0.4 is 0 Å². The fourth-order valence-electron chi connectivity index (χ4n) is 4.64. The topological polar surface area (TPSA) is 12.5 Å². The highest BCUT2D eigenvalue weighted by Crippen LogP contribution is 2.39. The molecule has 2 unspecified atom stereocenters. The van der Waals surface area contributed by atoms with Crippen LogP contribution in [0.5, 0.6) is 0 Å². The van der Waals surface area contributed by atoms with Crippen LogP contribution in [0.25, 0.3) is 0 Å². The van der Waals surface area contributed by atoms with Crippen LogP contribution in [-0.4, -0.2) is 29.6 Å². The van der Waals surface area contributed by atoms with E-state index in [-0.39, 0.29) is 6.10 Å². The molecule has 0 radical (unpaired) electrons. The van der Waals surface area contributed by atoms with E-state index < -0.39 is 0 Å². The lowest BCUT2D eigenvalue weighted by Crippen LogP contribution is -2.46. The maximum Gasteiger partial charge on any atom is 0.0831 e. The lowest BCUT2D eigenvalue weighted by atomic mass is 9.96. The first-order valence-corrected chi connectivity index (χ1v) is 10.1. The molecule has 0 spiro atoms. The molecule has 2 heteroatoms. The summed E-state index contributed by atoms with van der Waals surface area (Å²) in [6.45, 7) is 8.20. The second-order valence-corrected chi connectivity index (χ2v) is 8.23. The summed E-state index contributed by atoms with van der Waals surface area (Å²) in [6, 6.07) is 12.4. The Morgan fingerprint density at radius 2 is 1.75 bits per heavy atom. The summed E-state index contributed by atoms with van der Waals surface area (Å²) in [5.74, 6) is 0.663. The highest BCUT2D eigenvalue weighted by atomic mass is 16.5. The molecule has 2 nitrogen and oxygen atoms in total. The molecule has 0 saturated carbocycles. The van der Waals surface area contributed by atoms with Gasteiger partial charge >= 0.3 is 0 Å². The minimum absolute atomic E-state index is 0.262. The fraction of sp³-hybridized carbons (Fsp3) is 0.727. The van der Waals surface area contributed by atoms with Crippen molar-refractivity contribution in [3.05, 3.63) is 35.9 Å². The Hall–Kier alpha value is -0.860. The van der Waals surface area contributed by atoms with Crippen molar-refractivity contribution < 1.29 is 4.74 Å². The van der Waals surface area contributed by atoms with Gasteiger partial charge in [0, 0.05) is 12.1 Å². The monoisotopic (exact) mass is 329 g/mol. The second kappa shape index (κ2) is 8.49. The van der Waals surface area contributed by atoms with Crippen LogP contribution in [0.15, 0.2) is 30.3 Å². The lowest BCUT2D eigenvalue weighted by molar-refractivity contribution is -0.0689. The van der Waals surface area contributed by atoms with Crippen molar-refractivity contribution in [2.45, 2.75) is 90.0 Å². The molecule has 0 amide bonds. The van der Waals surface area contributed by atoms with Gasteiger partial charge in [0.25, 0.3) is 0 Å². The Kier molecular flexibility index (Phi) is 6.35. The van der Waals surface area contributed by atoms with E-state index in [0.29, 0.717) is 12.0 Å². The molecule has 0 N–H and O–H groups in total. The third-order valence-corrected chi connectivity index (χ3v) is 5.82. The van der Waals surface area contributed by atoms with Gasteiger partial charge in [0.1, 0.15) is 0 Å². The molecule has 2 saturated heterocycles. The minimum Gasteiger partial charge on any atom is -0.370 e. The molecule has 0 aliphatic carbocycles. The quantitative estimate of drug-likeness (QED) is 0.617. The number of hydrogen-bond donors (Lipinski definition) is 0. The SMILES string of the molecule is CCCCN1[C@@H]2CC[C@H]1CC(OC(CC(C)C)c1ccccc1)C2. The van der Waals surface area contributed by atoms with Crippen molar-refractivity contribution in [1.29, 1.82) is 0 Å². The molecule has 3 rings (SSSR count). The summed E-state index contributed by atoms with van der Waals surface area (Å²) >= 11 is 0. The van der Waals surface area contributed by atoms with Crippen molar-refractivity contribution in [3.8, 4) is 0 Å². The van der Waals surface area contributed by atoms with Crippen LogP contribution in [0.2, 0.25) is 0 Å². The van der Waals surface area contributed by atoms with Gasteiger partial charge in [-0.05, 0) is 56.6 Å². The van der Waals surface area contributed by atoms with Crippen LogP contribution in [-0.2, 0) is 4.74 Å². The summed E-state index contributed by atoms with van der Waals surface area (Å²) in [5.41, 5.74) is 1.35. The molecule has 1 aromatic rings. The van der Waals surface area contributed by atoms with E-state index >= 15 is 0 Å². The zero-order valence-corrected chi connectivity index (χ0v) is 15.8. The molecule has 1 aromatic carbocycles. The third kappa shape index (κ3) is 4.40.